The first kappa shape index (κ1) is 22.7. The van der Waals surface area contributed by atoms with Crippen molar-refractivity contribution in [2.45, 2.75) is 44.6 Å². The van der Waals surface area contributed by atoms with Crippen molar-refractivity contribution in [2.24, 2.45) is 0 Å². The van der Waals surface area contributed by atoms with E-state index in [2.05, 4.69) is 18.5 Å². The van der Waals surface area contributed by atoms with Gasteiger partial charge in [0.2, 0.25) is 0 Å². The van der Waals surface area contributed by atoms with E-state index in [4.69, 9.17) is 21.1 Å². The second-order valence-corrected chi connectivity index (χ2v) is 7.78. The highest BCUT2D eigenvalue weighted by atomic mass is 35.5. The van der Waals surface area contributed by atoms with Crippen LogP contribution in [0.1, 0.15) is 38.5 Å². The van der Waals surface area contributed by atoms with Crippen LogP contribution >= 0.6 is 11.6 Å². The molecule has 5 nitrogen and oxygen atoms in total. The van der Waals surface area contributed by atoms with Gasteiger partial charge in [0.05, 0.1) is 6.10 Å². The quantitative estimate of drug-likeness (QED) is 0.381. The molecule has 0 aliphatic carbocycles. The van der Waals surface area contributed by atoms with Crippen molar-refractivity contribution in [1.82, 2.24) is 9.80 Å². The van der Waals surface area contributed by atoms with Gasteiger partial charge in [0.1, 0.15) is 5.75 Å². The molecule has 0 unspecified atom stereocenters. The molecule has 1 aliphatic rings. The fourth-order valence-corrected chi connectivity index (χ4v) is 3.40. The number of carbonyl (C=O) groups excluding carboxylic acids is 1. The van der Waals surface area contributed by atoms with E-state index >= 15 is 0 Å². The van der Waals surface area contributed by atoms with Crippen LogP contribution in [0.4, 0.5) is 4.79 Å². The van der Waals surface area contributed by atoms with E-state index in [1.807, 2.05) is 6.08 Å². The predicted octanol–water partition coefficient (Wildman–Crippen LogP) is 5.00. The molecule has 0 aromatic heterocycles. The Hall–Kier alpha value is -1.56. The predicted molar refractivity (Wildman–Crippen MR) is 114 cm³/mol. The number of rotatable bonds is 11. The lowest BCUT2D eigenvalue weighted by molar-refractivity contribution is 0.00929. The minimum Gasteiger partial charge on any atom is -0.410 e. The average Bonchev–Trinajstić information content (AvgIpc) is 2.69. The van der Waals surface area contributed by atoms with E-state index in [0.717, 1.165) is 39.0 Å². The summed E-state index contributed by atoms with van der Waals surface area (Å²) in [6.07, 6.45) is 8.37. The number of unbranched alkanes of at least 4 members (excludes halogenated alkanes) is 3. The van der Waals surface area contributed by atoms with Crippen LogP contribution in [0, 0.1) is 0 Å². The second kappa shape index (κ2) is 12.8. The Balaban J connectivity index is 1.52. The zero-order valence-electron chi connectivity index (χ0n) is 16.9. The Morgan fingerprint density at radius 2 is 1.89 bits per heavy atom. The highest BCUT2D eigenvalue weighted by Crippen LogP contribution is 2.19. The van der Waals surface area contributed by atoms with Crippen LogP contribution in [0.3, 0.4) is 0 Å². The van der Waals surface area contributed by atoms with Crippen molar-refractivity contribution in [2.75, 3.05) is 39.8 Å². The minimum atomic E-state index is -0.304. The molecule has 6 heteroatoms. The molecule has 1 aliphatic heterocycles. The Kier molecular flexibility index (Phi) is 10.4. The summed E-state index contributed by atoms with van der Waals surface area (Å²) < 4.78 is 11.4. The summed E-state index contributed by atoms with van der Waals surface area (Å²) in [4.78, 5) is 16.3. The summed E-state index contributed by atoms with van der Waals surface area (Å²) in [6.45, 7) is 7.99. The summed E-state index contributed by atoms with van der Waals surface area (Å²) in [6, 6.07) is 6.83. The smallest absolute Gasteiger partial charge is 0.410 e. The van der Waals surface area contributed by atoms with Gasteiger partial charge in [-0.2, -0.15) is 0 Å². The maximum atomic E-state index is 12.2. The number of likely N-dealkylation sites (N-methyl/N-ethyl adjacent to an activating group) is 1. The Labute approximate surface area is 174 Å². The lowest BCUT2D eigenvalue weighted by atomic mass is 10.1. The monoisotopic (exact) mass is 408 g/mol. The molecule has 0 radical (unpaired) electrons. The van der Waals surface area contributed by atoms with E-state index in [1.54, 1.807) is 29.2 Å². The summed E-state index contributed by atoms with van der Waals surface area (Å²) in [7, 11) is 2.13. The van der Waals surface area contributed by atoms with Gasteiger partial charge in [0.25, 0.3) is 0 Å². The molecule has 0 atom stereocenters. The van der Waals surface area contributed by atoms with Crippen molar-refractivity contribution in [3.63, 3.8) is 0 Å². The van der Waals surface area contributed by atoms with Gasteiger partial charge in [-0.05, 0) is 63.5 Å². The Bertz CT molecular complexity index is 586. The number of likely N-dealkylation sites (tertiary alicyclic amines) is 1. The largest absolute Gasteiger partial charge is 0.415 e. The normalized spacial score (nSPS) is 15.0. The summed E-state index contributed by atoms with van der Waals surface area (Å²) in [5, 5.41) is 0.623. The molecule has 1 heterocycles. The molecule has 1 amide bonds. The van der Waals surface area contributed by atoms with Crippen LogP contribution in [0.2, 0.25) is 5.02 Å². The van der Waals surface area contributed by atoms with Gasteiger partial charge < -0.3 is 19.3 Å². The topological polar surface area (TPSA) is 42.0 Å². The van der Waals surface area contributed by atoms with E-state index in [1.165, 1.54) is 19.3 Å². The number of ether oxygens (including phenoxy) is 2. The van der Waals surface area contributed by atoms with Crippen molar-refractivity contribution in [3.05, 3.63) is 41.9 Å². The number of halogens is 1. The maximum Gasteiger partial charge on any atom is 0.415 e. The highest BCUT2D eigenvalue weighted by Gasteiger charge is 2.24. The van der Waals surface area contributed by atoms with E-state index in [-0.39, 0.29) is 12.2 Å². The SMILES string of the molecule is C=CCN(C)CCCCCCOC1CCN(C(=O)Oc2ccc(Cl)cc2)CC1. The summed E-state index contributed by atoms with van der Waals surface area (Å²) >= 11 is 5.84. The van der Waals surface area contributed by atoms with E-state index in [9.17, 15) is 4.79 Å². The number of benzene rings is 1. The van der Waals surface area contributed by atoms with Gasteiger partial charge in [0, 0.05) is 31.3 Å². The lowest BCUT2D eigenvalue weighted by Gasteiger charge is -2.31. The summed E-state index contributed by atoms with van der Waals surface area (Å²) in [5.74, 6) is 0.517. The third-order valence-corrected chi connectivity index (χ3v) is 5.20. The number of amides is 1. The molecule has 1 fully saturated rings. The van der Waals surface area contributed by atoms with Crippen LogP contribution < -0.4 is 4.74 Å². The van der Waals surface area contributed by atoms with Crippen LogP contribution in [0.15, 0.2) is 36.9 Å². The first-order valence-electron chi connectivity index (χ1n) is 10.2. The van der Waals surface area contributed by atoms with E-state index < -0.39 is 0 Å². The van der Waals surface area contributed by atoms with Crippen molar-refractivity contribution in [3.8, 4) is 5.75 Å². The molecule has 2 rings (SSSR count). The van der Waals surface area contributed by atoms with Crippen LogP contribution in [0.25, 0.3) is 0 Å². The molecule has 1 aromatic rings. The lowest BCUT2D eigenvalue weighted by Crippen LogP contribution is -2.42. The number of carbonyl (C=O) groups is 1. The van der Waals surface area contributed by atoms with Crippen LogP contribution in [0.5, 0.6) is 5.75 Å². The molecule has 156 valence electrons. The third-order valence-electron chi connectivity index (χ3n) is 4.95. The fraction of sp³-hybridized carbons (Fsp3) is 0.591. The molecular weight excluding hydrogens is 376 g/mol. The number of piperidine rings is 1. The molecule has 0 spiro atoms. The average molecular weight is 409 g/mol. The molecule has 1 saturated heterocycles. The number of hydrogen-bond acceptors (Lipinski definition) is 4. The van der Waals surface area contributed by atoms with Crippen molar-refractivity contribution < 1.29 is 14.3 Å². The molecule has 0 N–H and O–H groups in total. The maximum absolute atomic E-state index is 12.2. The van der Waals surface area contributed by atoms with Crippen molar-refractivity contribution in [1.29, 1.82) is 0 Å². The van der Waals surface area contributed by atoms with Gasteiger partial charge in [-0.3, -0.25) is 0 Å². The Morgan fingerprint density at radius 1 is 1.21 bits per heavy atom. The van der Waals surface area contributed by atoms with Crippen LogP contribution in [-0.4, -0.2) is 61.8 Å². The minimum absolute atomic E-state index is 0.248. The fourth-order valence-electron chi connectivity index (χ4n) is 3.27. The standard InChI is InChI=1S/C22H33ClN2O3/c1-3-14-24(2)15-6-4-5-7-18-27-20-12-16-25(17-13-20)22(26)28-21-10-8-19(23)9-11-21/h3,8-11,20H,1,4-7,12-18H2,2H3. The van der Waals surface area contributed by atoms with Crippen molar-refractivity contribution >= 4 is 17.7 Å². The van der Waals surface area contributed by atoms with Gasteiger partial charge in [-0.1, -0.05) is 30.5 Å². The first-order chi connectivity index (χ1) is 13.6. The second-order valence-electron chi connectivity index (χ2n) is 7.34. The van der Waals surface area contributed by atoms with Gasteiger partial charge in [-0.15, -0.1) is 6.58 Å². The number of hydrogen-bond donors (Lipinski definition) is 0. The Morgan fingerprint density at radius 3 is 2.57 bits per heavy atom. The molecule has 28 heavy (non-hydrogen) atoms. The molecule has 0 bridgehead atoms. The van der Waals surface area contributed by atoms with Gasteiger partial charge in [0.15, 0.2) is 0 Å². The molecule has 1 aromatic carbocycles. The zero-order valence-corrected chi connectivity index (χ0v) is 17.7. The highest BCUT2D eigenvalue weighted by molar-refractivity contribution is 6.30. The van der Waals surface area contributed by atoms with E-state index in [0.29, 0.717) is 23.9 Å². The van der Waals surface area contributed by atoms with Gasteiger partial charge >= 0.3 is 6.09 Å². The number of nitrogens with zero attached hydrogens (tertiary/aromatic N) is 2. The molecule has 0 saturated carbocycles. The molecular formula is C22H33ClN2O3. The third kappa shape index (κ3) is 8.63. The van der Waals surface area contributed by atoms with Gasteiger partial charge in [-0.25, -0.2) is 4.79 Å². The zero-order chi connectivity index (χ0) is 20.2. The van der Waals surface area contributed by atoms with Crippen LogP contribution in [-0.2, 0) is 4.74 Å². The summed E-state index contributed by atoms with van der Waals surface area (Å²) in [5.41, 5.74) is 0. The first-order valence-corrected chi connectivity index (χ1v) is 10.6.